The standard InChI is InChI=1S/C23H23N5O2/c1-17-6-7-18(8-9-20-14-19(16-29)10-11-24-20)15-27(17)23(30)21-4-2-3-5-22(21)28-25-12-13-26-28/h2-5,10-14,17-18,29H,6-7,15-16H2,1H3/t17-,18+/m1/s1. The summed E-state index contributed by atoms with van der Waals surface area (Å²) in [5.74, 6) is 6.40. The van der Waals surface area contributed by atoms with Crippen molar-refractivity contribution in [3.63, 3.8) is 0 Å². The Balaban J connectivity index is 1.55. The molecule has 1 fully saturated rings. The Bertz CT molecular complexity index is 1080. The van der Waals surface area contributed by atoms with Gasteiger partial charge in [-0.1, -0.05) is 18.1 Å². The van der Waals surface area contributed by atoms with Crippen LogP contribution < -0.4 is 0 Å². The SMILES string of the molecule is C[C@@H]1CC[C@@H](C#Cc2cc(CO)ccn2)CN1C(=O)c1ccccc1-n1nccn1. The van der Waals surface area contributed by atoms with Gasteiger partial charge in [-0.15, -0.1) is 0 Å². The smallest absolute Gasteiger partial charge is 0.256 e. The third-order valence-corrected chi connectivity index (χ3v) is 5.32. The van der Waals surface area contributed by atoms with E-state index in [0.29, 0.717) is 23.5 Å². The molecule has 0 bridgehead atoms. The van der Waals surface area contributed by atoms with Crippen molar-refractivity contribution >= 4 is 5.91 Å². The molecule has 30 heavy (non-hydrogen) atoms. The van der Waals surface area contributed by atoms with Gasteiger partial charge < -0.3 is 10.0 Å². The molecule has 1 saturated heterocycles. The number of amides is 1. The van der Waals surface area contributed by atoms with Gasteiger partial charge in [0.05, 0.1) is 30.3 Å². The molecule has 0 spiro atoms. The van der Waals surface area contributed by atoms with Gasteiger partial charge in [-0.2, -0.15) is 15.0 Å². The molecule has 1 amide bonds. The number of aromatic nitrogens is 4. The highest BCUT2D eigenvalue weighted by molar-refractivity contribution is 5.98. The lowest BCUT2D eigenvalue weighted by Crippen LogP contribution is -2.45. The number of rotatable bonds is 3. The van der Waals surface area contributed by atoms with E-state index in [4.69, 9.17) is 0 Å². The first kappa shape index (κ1) is 19.8. The van der Waals surface area contributed by atoms with Crippen molar-refractivity contribution in [2.24, 2.45) is 5.92 Å². The molecule has 1 N–H and O–H groups in total. The summed E-state index contributed by atoms with van der Waals surface area (Å²) < 4.78 is 0. The number of hydrogen-bond acceptors (Lipinski definition) is 5. The van der Waals surface area contributed by atoms with E-state index in [1.165, 1.54) is 4.80 Å². The van der Waals surface area contributed by atoms with E-state index in [0.717, 1.165) is 18.4 Å². The molecule has 0 saturated carbocycles. The zero-order valence-electron chi connectivity index (χ0n) is 16.8. The highest BCUT2D eigenvalue weighted by Gasteiger charge is 2.30. The number of para-hydroxylation sites is 1. The Labute approximate surface area is 175 Å². The van der Waals surface area contributed by atoms with Gasteiger partial charge >= 0.3 is 0 Å². The molecule has 0 unspecified atom stereocenters. The summed E-state index contributed by atoms with van der Waals surface area (Å²) in [6.45, 7) is 2.60. The molecule has 4 rings (SSSR count). The predicted molar refractivity (Wildman–Crippen MR) is 112 cm³/mol. The first-order chi connectivity index (χ1) is 14.7. The summed E-state index contributed by atoms with van der Waals surface area (Å²) in [6, 6.07) is 11.1. The van der Waals surface area contributed by atoms with Crippen LogP contribution in [0.2, 0.25) is 0 Å². The number of benzene rings is 1. The van der Waals surface area contributed by atoms with Crippen LogP contribution in [0.4, 0.5) is 0 Å². The molecule has 1 aliphatic rings. The van der Waals surface area contributed by atoms with Crippen LogP contribution in [0.15, 0.2) is 55.0 Å². The minimum Gasteiger partial charge on any atom is -0.392 e. The number of likely N-dealkylation sites (tertiary alicyclic amines) is 1. The summed E-state index contributed by atoms with van der Waals surface area (Å²) in [6.07, 6.45) is 6.65. The van der Waals surface area contributed by atoms with Crippen LogP contribution >= 0.6 is 0 Å². The van der Waals surface area contributed by atoms with Gasteiger partial charge in [0.2, 0.25) is 0 Å². The van der Waals surface area contributed by atoms with Gasteiger partial charge in [-0.05, 0) is 55.5 Å². The Morgan fingerprint density at radius 2 is 1.97 bits per heavy atom. The second-order valence-electron chi connectivity index (χ2n) is 7.39. The fraction of sp³-hybridized carbons (Fsp3) is 0.304. The van der Waals surface area contributed by atoms with E-state index < -0.39 is 0 Å². The van der Waals surface area contributed by atoms with Crippen molar-refractivity contribution in [3.05, 3.63) is 71.8 Å². The quantitative estimate of drug-likeness (QED) is 0.682. The number of piperidine rings is 1. The van der Waals surface area contributed by atoms with Crippen LogP contribution in [0.5, 0.6) is 0 Å². The summed E-state index contributed by atoms with van der Waals surface area (Å²) in [7, 11) is 0. The van der Waals surface area contributed by atoms with E-state index in [9.17, 15) is 9.90 Å². The van der Waals surface area contributed by atoms with Crippen molar-refractivity contribution in [1.29, 1.82) is 0 Å². The summed E-state index contributed by atoms with van der Waals surface area (Å²) in [4.78, 5) is 21.0. The maximum atomic E-state index is 13.4. The average Bonchev–Trinajstić information content (AvgIpc) is 3.33. The number of aliphatic hydroxyl groups is 1. The molecule has 3 aromatic rings. The van der Waals surface area contributed by atoms with Crippen LogP contribution in [-0.4, -0.2) is 48.5 Å². The number of hydrogen-bond donors (Lipinski definition) is 1. The second kappa shape index (κ2) is 8.89. The van der Waals surface area contributed by atoms with E-state index >= 15 is 0 Å². The summed E-state index contributed by atoms with van der Waals surface area (Å²) in [5, 5.41) is 17.6. The fourth-order valence-electron chi connectivity index (χ4n) is 3.65. The van der Waals surface area contributed by atoms with E-state index in [2.05, 4.69) is 33.9 Å². The maximum Gasteiger partial charge on any atom is 0.256 e. The number of pyridine rings is 1. The van der Waals surface area contributed by atoms with Gasteiger partial charge in [-0.3, -0.25) is 4.79 Å². The van der Waals surface area contributed by atoms with Gasteiger partial charge in [0.15, 0.2) is 0 Å². The molecule has 152 valence electrons. The van der Waals surface area contributed by atoms with Crippen LogP contribution in [0.3, 0.4) is 0 Å². The van der Waals surface area contributed by atoms with E-state index in [1.54, 1.807) is 30.7 Å². The van der Waals surface area contributed by atoms with Crippen LogP contribution in [0.25, 0.3) is 5.69 Å². The number of nitrogens with zero attached hydrogens (tertiary/aromatic N) is 5. The van der Waals surface area contributed by atoms with Gasteiger partial charge in [0, 0.05) is 24.7 Å². The average molecular weight is 401 g/mol. The summed E-state index contributed by atoms with van der Waals surface area (Å²) in [5.41, 5.74) is 2.66. The molecule has 2 atom stereocenters. The molecule has 7 nitrogen and oxygen atoms in total. The highest BCUT2D eigenvalue weighted by Crippen LogP contribution is 2.25. The van der Waals surface area contributed by atoms with Gasteiger partial charge in [0.25, 0.3) is 5.91 Å². The molecular weight excluding hydrogens is 378 g/mol. The Morgan fingerprint density at radius 1 is 1.17 bits per heavy atom. The molecule has 3 heterocycles. The second-order valence-corrected chi connectivity index (χ2v) is 7.39. The lowest BCUT2D eigenvalue weighted by Gasteiger charge is -2.36. The fourth-order valence-corrected chi connectivity index (χ4v) is 3.65. The minimum atomic E-state index is -0.0395. The topological polar surface area (TPSA) is 84.1 Å². The molecule has 0 aliphatic carbocycles. The number of carbonyl (C=O) groups excluding carboxylic acids is 1. The molecule has 2 aromatic heterocycles. The molecule has 7 heteroatoms. The zero-order valence-corrected chi connectivity index (χ0v) is 16.8. The predicted octanol–water partition coefficient (Wildman–Crippen LogP) is 2.45. The van der Waals surface area contributed by atoms with Crippen LogP contribution in [0, 0.1) is 17.8 Å². The largest absolute Gasteiger partial charge is 0.392 e. The van der Waals surface area contributed by atoms with E-state index in [-0.39, 0.29) is 24.5 Å². The van der Waals surface area contributed by atoms with Gasteiger partial charge in [-0.25, -0.2) is 4.98 Å². The van der Waals surface area contributed by atoms with Crippen molar-refractivity contribution < 1.29 is 9.90 Å². The lowest BCUT2D eigenvalue weighted by atomic mass is 9.93. The Hall–Kier alpha value is -3.50. The molecule has 0 radical (unpaired) electrons. The number of aliphatic hydroxyl groups excluding tert-OH is 1. The van der Waals surface area contributed by atoms with Crippen molar-refractivity contribution in [2.45, 2.75) is 32.4 Å². The van der Waals surface area contributed by atoms with Crippen LogP contribution in [-0.2, 0) is 6.61 Å². The van der Waals surface area contributed by atoms with Crippen molar-refractivity contribution in [3.8, 4) is 17.5 Å². The number of carbonyl (C=O) groups is 1. The molecular formula is C23H23N5O2. The third-order valence-electron chi connectivity index (χ3n) is 5.32. The lowest BCUT2D eigenvalue weighted by molar-refractivity contribution is 0.0598. The molecule has 1 aromatic carbocycles. The third kappa shape index (κ3) is 4.24. The monoisotopic (exact) mass is 401 g/mol. The zero-order chi connectivity index (χ0) is 20.9. The Kier molecular flexibility index (Phi) is 5.87. The minimum absolute atomic E-state index is 0.0368. The van der Waals surface area contributed by atoms with E-state index in [1.807, 2.05) is 29.2 Å². The van der Waals surface area contributed by atoms with Crippen molar-refractivity contribution in [2.75, 3.05) is 6.54 Å². The van der Waals surface area contributed by atoms with Crippen LogP contribution in [0.1, 0.15) is 41.4 Å². The normalized spacial score (nSPS) is 18.5. The summed E-state index contributed by atoms with van der Waals surface area (Å²) >= 11 is 0. The van der Waals surface area contributed by atoms with Crippen molar-refractivity contribution in [1.82, 2.24) is 24.9 Å². The first-order valence-electron chi connectivity index (χ1n) is 9.99. The maximum absolute atomic E-state index is 13.4. The first-order valence-corrected chi connectivity index (χ1v) is 9.99. The Morgan fingerprint density at radius 3 is 2.77 bits per heavy atom. The highest BCUT2D eigenvalue weighted by atomic mass is 16.3. The molecule has 1 aliphatic heterocycles. The van der Waals surface area contributed by atoms with Gasteiger partial charge in [0.1, 0.15) is 5.69 Å².